The molecule has 1 rings (SSSR count). The fraction of sp³-hybridized carbons (Fsp3) is 0.455. The minimum absolute atomic E-state index is 0.464. The first-order valence-electron chi connectivity index (χ1n) is 6.04. The van der Waals surface area contributed by atoms with Crippen LogP contribution in [0.4, 0.5) is 54.0 Å². The van der Waals surface area contributed by atoms with Crippen molar-refractivity contribution in [2.75, 3.05) is 5.73 Å². The Morgan fingerprint density at radius 2 is 1.33 bits per heavy atom. The van der Waals surface area contributed by atoms with Gasteiger partial charge in [0.25, 0.3) is 0 Å². The van der Waals surface area contributed by atoms with E-state index in [0.29, 0.717) is 0 Å². The van der Waals surface area contributed by atoms with Crippen molar-refractivity contribution >= 4 is 27.1 Å². The summed E-state index contributed by atoms with van der Waals surface area (Å²) in [6.45, 7) is 0. The molecular formula is C11H5ClF11NO2S. The monoisotopic (exact) mass is 459 g/mol. The standard InChI is InChI=1S/C11H5ClF11NO2S/c12-4-1-3(2-5(6(4)24)27(25,26)7(13)14)8(15,10(18,19)20)9(16,17)11(21,22)23/h1-2,7H,24H2. The predicted octanol–water partition coefficient (Wildman–Crippen LogP) is 4.84. The average molecular weight is 460 g/mol. The quantitative estimate of drug-likeness (QED) is 0.518. The first-order valence-corrected chi connectivity index (χ1v) is 7.97. The van der Waals surface area contributed by atoms with Crippen molar-refractivity contribution in [3.8, 4) is 0 Å². The van der Waals surface area contributed by atoms with E-state index in [1.165, 1.54) is 0 Å². The van der Waals surface area contributed by atoms with E-state index in [1.807, 2.05) is 0 Å². The van der Waals surface area contributed by atoms with Crippen LogP contribution in [0.15, 0.2) is 17.0 Å². The molecule has 16 heteroatoms. The summed E-state index contributed by atoms with van der Waals surface area (Å²) in [6, 6.07) is -1.26. The number of nitrogen functional groups attached to an aromatic ring is 1. The number of hydrogen-bond acceptors (Lipinski definition) is 3. The van der Waals surface area contributed by atoms with Gasteiger partial charge in [-0.15, -0.1) is 0 Å². The van der Waals surface area contributed by atoms with Crippen molar-refractivity contribution in [2.45, 2.75) is 34.6 Å². The Morgan fingerprint density at radius 3 is 1.67 bits per heavy atom. The van der Waals surface area contributed by atoms with Crippen LogP contribution in [0.2, 0.25) is 5.02 Å². The number of alkyl halides is 11. The lowest BCUT2D eigenvalue weighted by molar-refractivity contribution is -0.389. The summed E-state index contributed by atoms with van der Waals surface area (Å²) < 4.78 is 165. The SMILES string of the molecule is Nc1c(Cl)cc(C(F)(C(F)(F)F)C(F)(F)C(F)(F)F)cc1S(=O)(=O)C(F)F. The molecule has 0 aromatic heterocycles. The molecule has 0 aliphatic carbocycles. The van der Waals surface area contributed by atoms with Crippen molar-refractivity contribution in [3.63, 3.8) is 0 Å². The molecule has 0 bridgehead atoms. The number of sulfone groups is 1. The van der Waals surface area contributed by atoms with E-state index in [1.54, 1.807) is 0 Å². The largest absolute Gasteiger partial charge is 0.457 e. The van der Waals surface area contributed by atoms with Crippen molar-refractivity contribution < 1.29 is 56.7 Å². The summed E-state index contributed by atoms with van der Waals surface area (Å²) in [5.41, 5.74) is -5.69. The van der Waals surface area contributed by atoms with Gasteiger partial charge in [-0.25, -0.2) is 12.8 Å². The minimum Gasteiger partial charge on any atom is -0.396 e. The zero-order chi connectivity index (χ0) is 21.8. The molecule has 156 valence electrons. The highest BCUT2D eigenvalue weighted by molar-refractivity contribution is 7.91. The molecule has 1 aromatic rings. The van der Waals surface area contributed by atoms with Crippen molar-refractivity contribution in [3.05, 3.63) is 22.7 Å². The highest BCUT2D eigenvalue weighted by atomic mass is 35.5. The summed E-state index contributed by atoms with van der Waals surface area (Å²) in [4.78, 5) is -2.05. The fourth-order valence-electron chi connectivity index (χ4n) is 1.84. The second-order valence-electron chi connectivity index (χ2n) is 4.90. The fourth-order valence-corrected chi connectivity index (χ4v) is 3.02. The molecule has 0 saturated carbocycles. The molecule has 0 heterocycles. The summed E-state index contributed by atoms with van der Waals surface area (Å²) in [6.07, 6.45) is -14.1. The van der Waals surface area contributed by atoms with E-state index in [-0.39, 0.29) is 0 Å². The van der Waals surface area contributed by atoms with Gasteiger partial charge in [0.2, 0.25) is 9.84 Å². The van der Waals surface area contributed by atoms with Crippen molar-refractivity contribution in [1.82, 2.24) is 0 Å². The number of rotatable bonds is 4. The lowest BCUT2D eigenvalue weighted by Gasteiger charge is -2.36. The number of nitrogens with two attached hydrogens (primary N) is 1. The van der Waals surface area contributed by atoms with Crippen LogP contribution in [-0.4, -0.2) is 32.5 Å². The van der Waals surface area contributed by atoms with Gasteiger partial charge in [-0.05, 0) is 12.1 Å². The van der Waals surface area contributed by atoms with Gasteiger partial charge in [-0.2, -0.15) is 43.9 Å². The average Bonchev–Trinajstić information content (AvgIpc) is 2.45. The van der Waals surface area contributed by atoms with Crippen molar-refractivity contribution in [1.29, 1.82) is 0 Å². The van der Waals surface area contributed by atoms with Gasteiger partial charge >= 0.3 is 29.7 Å². The maximum atomic E-state index is 14.3. The second kappa shape index (κ2) is 6.53. The Bertz CT molecular complexity index is 834. The van der Waals surface area contributed by atoms with Crippen LogP contribution in [0, 0.1) is 0 Å². The van der Waals surface area contributed by atoms with E-state index >= 15 is 0 Å². The molecule has 0 radical (unpaired) electrons. The molecule has 3 nitrogen and oxygen atoms in total. The van der Waals surface area contributed by atoms with Crippen LogP contribution in [0.3, 0.4) is 0 Å². The van der Waals surface area contributed by atoms with Crippen molar-refractivity contribution in [2.24, 2.45) is 0 Å². The normalized spacial score (nSPS) is 16.5. The van der Waals surface area contributed by atoms with E-state index in [9.17, 15) is 56.7 Å². The molecule has 1 unspecified atom stereocenters. The van der Waals surface area contributed by atoms with Gasteiger partial charge in [0.15, 0.2) is 0 Å². The minimum atomic E-state index is -7.15. The molecule has 1 aromatic carbocycles. The van der Waals surface area contributed by atoms with E-state index in [0.717, 1.165) is 0 Å². The molecule has 0 aliphatic rings. The van der Waals surface area contributed by atoms with Gasteiger partial charge < -0.3 is 5.73 Å². The zero-order valence-corrected chi connectivity index (χ0v) is 13.6. The molecule has 27 heavy (non-hydrogen) atoms. The molecule has 2 N–H and O–H groups in total. The third-order valence-electron chi connectivity index (χ3n) is 3.21. The summed E-state index contributed by atoms with van der Waals surface area (Å²) in [7, 11) is -5.94. The van der Waals surface area contributed by atoms with Crippen LogP contribution in [0.25, 0.3) is 0 Å². The predicted molar refractivity (Wildman–Crippen MR) is 68.9 cm³/mol. The maximum Gasteiger partial charge on any atom is 0.457 e. The smallest absolute Gasteiger partial charge is 0.396 e. The van der Waals surface area contributed by atoms with Crippen LogP contribution >= 0.6 is 11.6 Å². The lowest BCUT2D eigenvalue weighted by atomic mass is 9.87. The van der Waals surface area contributed by atoms with Crippen LogP contribution in [-0.2, 0) is 15.5 Å². The second-order valence-corrected chi connectivity index (χ2v) is 7.20. The van der Waals surface area contributed by atoms with Gasteiger partial charge in [0, 0.05) is 5.56 Å². The zero-order valence-electron chi connectivity index (χ0n) is 12.1. The summed E-state index contributed by atoms with van der Waals surface area (Å²) >= 11 is 5.16. The Hall–Kier alpha value is -1.51. The molecular weight excluding hydrogens is 455 g/mol. The Labute approximate surface area is 147 Å². The first-order chi connectivity index (χ1) is 11.7. The third kappa shape index (κ3) is 3.50. The Morgan fingerprint density at radius 1 is 0.889 bits per heavy atom. The first kappa shape index (κ1) is 23.5. The number of benzene rings is 1. The highest BCUT2D eigenvalue weighted by Gasteiger charge is 2.81. The topological polar surface area (TPSA) is 60.2 Å². The molecule has 0 amide bonds. The lowest BCUT2D eigenvalue weighted by Crippen LogP contribution is -2.59. The van der Waals surface area contributed by atoms with E-state index in [4.69, 9.17) is 17.3 Å². The van der Waals surface area contributed by atoms with Gasteiger partial charge in [0.1, 0.15) is 0 Å². The van der Waals surface area contributed by atoms with Gasteiger partial charge in [0.05, 0.1) is 15.6 Å². The molecule has 0 saturated heterocycles. The van der Waals surface area contributed by atoms with Crippen LogP contribution < -0.4 is 5.73 Å². The van der Waals surface area contributed by atoms with Crippen LogP contribution in [0.5, 0.6) is 0 Å². The van der Waals surface area contributed by atoms with Gasteiger partial charge in [-0.3, -0.25) is 0 Å². The van der Waals surface area contributed by atoms with E-state index < -0.39 is 72.8 Å². The van der Waals surface area contributed by atoms with Gasteiger partial charge in [-0.1, -0.05) is 11.6 Å². The highest BCUT2D eigenvalue weighted by Crippen LogP contribution is 2.59. The molecule has 1 atom stereocenters. The Balaban J connectivity index is 4.02. The Kier molecular flexibility index (Phi) is 5.69. The summed E-state index contributed by atoms with van der Waals surface area (Å²) in [5, 5.41) is -1.48. The third-order valence-corrected chi connectivity index (χ3v) is 4.94. The number of anilines is 1. The maximum absolute atomic E-state index is 14.3. The number of halogens is 12. The summed E-state index contributed by atoms with van der Waals surface area (Å²) in [5.74, 6) is -11.5. The number of hydrogen-bond donors (Lipinski definition) is 1. The molecule has 0 aliphatic heterocycles. The van der Waals surface area contributed by atoms with E-state index in [2.05, 4.69) is 0 Å². The molecule has 0 spiro atoms. The van der Waals surface area contributed by atoms with Crippen LogP contribution in [0.1, 0.15) is 5.56 Å². The molecule has 0 fully saturated rings.